The third-order valence-electron chi connectivity index (χ3n) is 3.44. The number of nitrogens with one attached hydrogen (secondary N) is 1. The van der Waals surface area contributed by atoms with Gasteiger partial charge in [-0.25, -0.2) is 13.2 Å². The van der Waals surface area contributed by atoms with Gasteiger partial charge in [-0.1, -0.05) is 30.3 Å². The second-order valence-corrected chi connectivity index (χ2v) is 4.80. The zero-order valence-corrected chi connectivity index (χ0v) is 11.6. The normalized spacial score (nSPS) is 12.5. The lowest BCUT2D eigenvalue weighted by Gasteiger charge is -2.20. The SMILES string of the molecule is CNC(c1cccc(C)c1F)c1ccc(C)c(F)c1F. The van der Waals surface area contributed by atoms with Gasteiger partial charge in [-0.3, -0.25) is 0 Å². The van der Waals surface area contributed by atoms with E-state index in [-0.39, 0.29) is 11.1 Å². The topological polar surface area (TPSA) is 12.0 Å². The molecule has 0 saturated carbocycles. The van der Waals surface area contributed by atoms with Gasteiger partial charge >= 0.3 is 0 Å². The largest absolute Gasteiger partial charge is 0.309 e. The van der Waals surface area contributed by atoms with Crippen molar-refractivity contribution >= 4 is 0 Å². The summed E-state index contributed by atoms with van der Waals surface area (Å²) in [5.74, 6) is -2.24. The van der Waals surface area contributed by atoms with E-state index in [9.17, 15) is 13.2 Å². The molecule has 4 heteroatoms. The minimum atomic E-state index is -0.940. The molecule has 1 atom stereocenters. The Labute approximate surface area is 116 Å². The smallest absolute Gasteiger partial charge is 0.164 e. The summed E-state index contributed by atoms with van der Waals surface area (Å²) in [7, 11) is 1.59. The molecule has 0 radical (unpaired) electrons. The van der Waals surface area contributed by atoms with Gasteiger partial charge < -0.3 is 5.32 Å². The van der Waals surface area contributed by atoms with Crippen LogP contribution in [0.15, 0.2) is 30.3 Å². The molecule has 0 bridgehead atoms. The first-order valence-corrected chi connectivity index (χ1v) is 6.34. The predicted molar refractivity (Wildman–Crippen MR) is 73.1 cm³/mol. The van der Waals surface area contributed by atoms with Gasteiger partial charge in [0.2, 0.25) is 0 Å². The van der Waals surface area contributed by atoms with Crippen LogP contribution in [0, 0.1) is 31.3 Å². The van der Waals surface area contributed by atoms with Crippen molar-refractivity contribution in [2.75, 3.05) is 7.05 Å². The van der Waals surface area contributed by atoms with Crippen LogP contribution in [0.5, 0.6) is 0 Å². The average molecular weight is 279 g/mol. The Kier molecular flexibility index (Phi) is 4.14. The minimum Gasteiger partial charge on any atom is -0.309 e. The summed E-state index contributed by atoms with van der Waals surface area (Å²) in [5.41, 5.74) is 1.09. The fourth-order valence-corrected chi connectivity index (χ4v) is 2.26. The van der Waals surface area contributed by atoms with E-state index in [1.165, 1.54) is 19.1 Å². The summed E-state index contributed by atoms with van der Waals surface area (Å²) in [6, 6.07) is 7.14. The summed E-state index contributed by atoms with van der Waals surface area (Å²) in [5, 5.41) is 2.84. The van der Waals surface area contributed by atoms with Crippen LogP contribution < -0.4 is 5.32 Å². The number of benzene rings is 2. The van der Waals surface area contributed by atoms with Gasteiger partial charge in [-0.15, -0.1) is 0 Å². The molecule has 2 aromatic rings. The molecular formula is C16H16F3N. The number of aryl methyl sites for hydroxylation is 2. The van der Waals surface area contributed by atoms with Crippen molar-refractivity contribution in [1.29, 1.82) is 0 Å². The van der Waals surface area contributed by atoms with Crippen LogP contribution in [0.2, 0.25) is 0 Å². The Hall–Kier alpha value is -1.81. The first kappa shape index (κ1) is 14.6. The maximum atomic E-state index is 14.2. The standard InChI is InChI=1S/C16H16F3N/c1-9-5-4-6-11(13(9)17)16(20-3)12-8-7-10(2)14(18)15(12)19/h4-8,16,20H,1-3H3. The third kappa shape index (κ3) is 2.43. The highest BCUT2D eigenvalue weighted by Crippen LogP contribution is 2.29. The molecule has 0 amide bonds. The van der Waals surface area contributed by atoms with Crippen molar-refractivity contribution in [2.45, 2.75) is 19.9 Å². The molecule has 2 rings (SSSR count). The zero-order chi connectivity index (χ0) is 14.9. The molecule has 0 saturated heterocycles. The summed E-state index contributed by atoms with van der Waals surface area (Å²) in [4.78, 5) is 0. The molecule has 0 spiro atoms. The highest BCUT2D eigenvalue weighted by atomic mass is 19.2. The Morgan fingerprint density at radius 3 is 2.05 bits per heavy atom. The number of hydrogen-bond donors (Lipinski definition) is 1. The van der Waals surface area contributed by atoms with Gasteiger partial charge in [0.25, 0.3) is 0 Å². The molecule has 20 heavy (non-hydrogen) atoms. The van der Waals surface area contributed by atoms with E-state index < -0.39 is 23.5 Å². The lowest BCUT2D eigenvalue weighted by atomic mass is 9.95. The molecular weight excluding hydrogens is 263 g/mol. The molecule has 0 aromatic heterocycles. The molecule has 0 heterocycles. The van der Waals surface area contributed by atoms with Crippen molar-refractivity contribution in [3.63, 3.8) is 0 Å². The van der Waals surface area contributed by atoms with Gasteiger partial charge in [0.15, 0.2) is 11.6 Å². The third-order valence-corrected chi connectivity index (χ3v) is 3.44. The van der Waals surface area contributed by atoms with Crippen LogP contribution in [0.4, 0.5) is 13.2 Å². The molecule has 0 aliphatic rings. The van der Waals surface area contributed by atoms with Crippen LogP contribution in [-0.4, -0.2) is 7.05 Å². The van der Waals surface area contributed by atoms with Crippen molar-refractivity contribution in [3.05, 3.63) is 70.0 Å². The van der Waals surface area contributed by atoms with E-state index in [4.69, 9.17) is 0 Å². The molecule has 106 valence electrons. The van der Waals surface area contributed by atoms with Crippen LogP contribution in [0.25, 0.3) is 0 Å². The van der Waals surface area contributed by atoms with Crippen molar-refractivity contribution < 1.29 is 13.2 Å². The maximum Gasteiger partial charge on any atom is 0.164 e. The molecule has 0 aliphatic carbocycles. The first-order chi connectivity index (χ1) is 9.47. The van der Waals surface area contributed by atoms with E-state index in [0.717, 1.165) is 0 Å². The molecule has 2 aromatic carbocycles. The second-order valence-electron chi connectivity index (χ2n) is 4.80. The molecule has 1 N–H and O–H groups in total. The van der Waals surface area contributed by atoms with E-state index >= 15 is 0 Å². The summed E-state index contributed by atoms with van der Waals surface area (Å²) >= 11 is 0. The Balaban J connectivity index is 2.59. The van der Waals surface area contributed by atoms with Gasteiger partial charge in [0, 0.05) is 11.1 Å². The van der Waals surface area contributed by atoms with Gasteiger partial charge in [0.05, 0.1) is 6.04 Å². The maximum absolute atomic E-state index is 14.2. The molecule has 0 fully saturated rings. The summed E-state index contributed by atoms with van der Waals surface area (Å²) in [6.45, 7) is 3.13. The van der Waals surface area contributed by atoms with E-state index in [2.05, 4.69) is 5.32 Å². The molecule has 1 nitrogen and oxygen atoms in total. The quantitative estimate of drug-likeness (QED) is 0.894. The number of halogens is 3. The average Bonchev–Trinajstić information content (AvgIpc) is 2.44. The Morgan fingerprint density at radius 2 is 1.40 bits per heavy atom. The van der Waals surface area contributed by atoms with Gasteiger partial charge in [0.1, 0.15) is 5.82 Å². The monoisotopic (exact) mass is 279 g/mol. The van der Waals surface area contributed by atoms with Crippen molar-refractivity contribution in [1.82, 2.24) is 5.32 Å². The van der Waals surface area contributed by atoms with E-state index in [1.54, 1.807) is 32.2 Å². The van der Waals surface area contributed by atoms with Crippen LogP contribution in [0.1, 0.15) is 28.3 Å². The Morgan fingerprint density at radius 1 is 0.800 bits per heavy atom. The lowest BCUT2D eigenvalue weighted by molar-refractivity contribution is 0.478. The second kappa shape index (κ2) is 5.67. The van der Waals surface area contributed by atoms with Crippen molar-refractivity contribution in [2.24, 2.45) is 0 Å². The molecule has 0 aliphatic heterocycles. The predicted octanol–water partition coefficient (Wildman–Crippen LogP) is 4.03. The number of rotatable bonds is 3. The first-order valence-electron chi connectivity index (χ1n) is 6.34. The highest BCUT2D eigenvalue weighted by molar-refractivity contribution is 5.37. The van der Waals surface area contributed by atoms with Gasteiger partial charge in [-0.2, -0.15) is 0 Å². The summed E-state index contributed by atoms with van der Waals surface area (Å²) < 4.78 is 41.9. The minimum absolute atomic E-state index is 0.0973. The van der Waals surface area contributed by atoms with Gasteiger partial charge in [-0.05, 0) is 32.0 Å². The molecule has 1 unspecified atom stereocenters. The Bertz CT molecular complexity index is 638. The fourth-order valence-electron chi connectivity index (χ4n) is 2.26. The fraction of sp³-hybridized carbons (Fsp3) is 0.250. The van der Waals surface area contributed by atoms with Crippen LogP contribution in [0.3, 0.4) is 0 Å². The zero-order valence-electron chi connectivity index (χ0n) is 11.6. The summed E-state index contributed by atoms with van der Waals surface area (Å²) in [6.07, 6.45) is 0. The number of hydrogen-bond acceptors (Lipinski definition) is 1. The lowest BCUT2D eigenvalue weighted by Crippen LogP contribution is -2.21. The van der Waals surface area contributed by atoms with E-state index in [0.29, 0.717) is 11.1 Å². The highest BCUT2D eigenvalue weighted by Gasteiger charge is 2.22. The van der Waals surface area contributed by atoms with E-state index in [1.807, 2.05) is 0 Å². The van der Waals surface area contributed by atoms with Crippen LogP contribution in [-0.2, 0) is 0 Å². The van der Waals surface area contributed by atoms with Crippen molar-refractivity contribution in [3.8, 4) is 0 Å². The van der Waals surface area contributed by atoms with Crippen LogP contribution >= 0.6 is 0 Å².